The number of nitrogens with one attached hydrogen (secondary N) is 1. The summed E-state index contributed by atoms with van der Waals surface area (Å²) < 4.78 is 38.3. The van der Waals surface area contributed by atoms with Gasteiger partial charge in [-0.3, -0.25) is 4.98 Å². The minimum absolute atomic E-state index is 0.0200. The van der Waals surface area contributed by atoms with Gasteiger partial charge in [0.1, 0.15) is 0 Å². The van der Waals surface area contributed by atoms with Crippen LogP contribution < -0.4 is 5.32 Å². The van der Waals surface area contributed by atoms with Gasteiger partial charge in [-0.25, -0.2) is 0 Å². The number of piperidine rings is 1. The fourth-order valence-corrected chi connectivity index (χ4v) is 3.58. The molecule has 0 spiro atoms. The average molecular weight is 350 g/mol. The number of pyridine rings is 1. The molecule has 3 rings (SSSR count). The highest BCUT2D eigenvalue weighted by atomic mass is 19.4. The molecule has 1 aliphatic heterocycles. The van der Waals surface area contributed by atoms with Crippen LogP contribution in [0.15, 0.2) is 42.7 Å². The largest absolute Gasteiger partial charge is 0.416 e. The van der Waals surface area contributed by atoms with E-state index < -0.39 is 17.3 Å². The summed E-state index contributed by atoms with van der Waals surface area (Å²) in [7, 11) is 0. The lowest BCUT2D eigenvalue weighted by molar-refractivity contribution is -0.137. The fourth-order valence-electron chi connectivity index (χ4n) is 3.58. The Morgan fingerprint density at radius 3 is 2.44 bits per heavy atom. The zero-order valence-corrected chi connectivity index (χ0v) is 14.1. The van der Waals surface area contributed by atoms with E-state index in [-0.39, 0.29) is 12.1 Å². The van der Waals surface area contributed by atoms with Crippen molar-refractivity contribution in [2.75, 3.05) is 0 Å². The van der Waals surface area contributed by atoms with Crippen molar-refractivity contribution < 1.29 is 18.3 Å². The lowest BCUT2D eigenvalue weighted by Crippen LogP contribution is -2.46. The summed E-state index contributed by atoms with van der Waals surface area (Å²) >= 11 is 0. The Balaban J connectivity index is 1.89. The van der Waals surface area contributed by atoms with Gasteiger partial charge in [0.25, 0.3) is 0 Å². The molecule has 1 fully saturated rings. The molecular formula is C19H21F3N2O. The Morgan fingerprint density at radius 1 is 1.16 bits per heavy atom. The molecule has 3 nitrogen and oxygen atoms in total. The van der Waals surface area contributed by atoms with Crippen molar-refractivity contribution in [3.8, 4) is 0 Å². The molecule has 6 heteroatoms. The lowest BCUT2D eigenvalue weighted by atomic mass is 9.77. The van der Waals surface area contributed by atoms with Gasteiger partial charge in [0.05, 0.1) is 11.2 Å². The first kappa shape index (κ1) is 17.9. The number of alkyl halides is 3. The Labute approximate surface area is 144 Å². The van der Waals surface area contributed by atoms with E-state index in [4.69, 9.17) is 0 Å². The van der Waals surface area contributed by atoms with Gasteiger partial charge in [0, 0.05) is 24.5 Å². The average Bonchev–Trinajstić information content (AvgIpc) is 2.53. The molecule has 1 unspecified atom stereocenters. The van der Waals surface area contributed by atoms with Crippen LogP contribution in [0.4, 0.5) is 13.2 Å². The lowest BCUT2D eigenvalue weighted by Gasteiger charge is -2.41. The quantitative estimate of drug-likeness (QED) is 0.857. The van der Waals surface area contributed by atoms with Crippen molar-refractivity contribution in [1.82, 2.24) is 10.3 Å². The molecule has 25 heavy (non-hydrogen) atoms. The topological polar surface area (TPSA) is 45.2 Å². The van der Waals surface area contributed by atoms with Crippen molar-refractivity contribution in [2.45, 2.75) is 50.6 Å². The van der Waals surface area contributed by atoms with Gasteiger partial charge >= 0.3 is 6.18 Å². The molecule has 2 N–H and O–H groups in total. The molecule has 0 radical (unpaired) electrons. The maximum absolute atomic E-state index is 12.8. The van der Waals surface area contributed by atoms with Gasteiger partial charge in [-0.1, -0.05) is 18.2 Å². The molecule has 1 saturated heterocycles. The predicted molar refractivity (Wildman–Crippen MR) is 88.9 cm³/mol. The second-order valence-electron chi connectivity index (χ2n) is 6.93. The number of halogens is 3. The maximum atomic E-state index is 12.8. The Bertz CT molecular complexity index is 745. The number of aliphatic hydroxyl groups is 1. The smallest absolute Gasteiger partial charge is 0.385 e. The van der Waals surface area contributed by atoms with Crippen LogP contribution in [0.1, 0.15) is 48.1 Å². The van der Waals surface area contributed by atoms with E-state index in [1.165, 1.54) is 12.1 Å². The third kappa shape index (κ3) is 3.85. The highest BCUT2D eigenvalue weighted by Gasteiger charge is 2.40. The van der Waals surface area contributed by atoms with Crippen LogP contribution in [0.3, 0.4) is 0 Å². The number of aryl methyl sites for hydroxylation is 1. The van der Waals surface area contributed by atoms with Gasteiger partial charge in [-0.05, 0) is 55.5 Å². The summed E-state index contributed by atoms with van der Waals surface area (Å²) in [5.41, 5.74) is 0.622. The maximum Gasteiger partial charge on any atom is 0.416 e. The number of benzene rings is 1. The third-order valence-corrected chi connectivity index (χ3v) is 4.72. The first-order chi connectivity index (χ1) is 11.7. The molecule has 1 aliphatic rings. The zero-order chi connectivity index (χ0) is 18.2. The van der Waals surface area contributed by atoms with Gasteiger partial charge in [0.2, 0.25) is 0 Å². The standard InChI is InChI=1S/C19H21F3N2O/c1-12-7-14(11-23-10-12)17-9-18(25,8-13(2)24-17)15-3-5-16(6-4-15)19(20,21)22/h3-7,10-11,13,17,24-25H,8-9H2,1-2H3/t13-,17-,18?/m0/s1. The van der Waals surface area contributed by atoms with Crippen LogP contribution in [-0.2, 0) is 11.8 Å². The minimum atomic E-state index is -4.38. The number of aromatic nitrogens is 1. The van der Waals surface area contributed by atoms with Gasteiger partial charge in [0.15, 0.2) is 0 Å². The second-order valence-corrected chi connectivity index (χ2v) is 6.93. The van der Waals surface area contributed by atoms with E-state index in [1.807, 2.05) is 19.9 Å². The molecule has 0 saturated carbocycles. The van der Waals surface area contributed by atoms with E-state index in [0.717, 1.165) is 23.3 Å². The van der Waals surface area contributed by atoms with Crippen molar-refractivity contribution in [3.63, 3.8) is 0 Å². The van der Waals surface area contributed by atoms with E-state index in [0.29, 0.717) is 18.4 Å². The van der Waals surface area contributed by atoms with Crippen molar-refractivity contribution >= 4 is 0 Å². The zero-order valence-electron chi connectivity index (χ0n) is 14.1. The van der Waals surface area contributed by atoms with Crippen LogP contribution in [0.5, 0.6) is 0 Å². The third-order valence-electron chi connectivity index (χ3n) is 4.72. The van der Waals surface area contributed by atoms with E-state index in [2.05, 4.69) is 10.3 Å². The molecule has 2 aromatic rings. The Hall–Kier alpha value is -1.92. The number of rotatable bonds is 2. The molecule has 1 aromatic carbocycles. The highest BCUT2D eigenvalue weighted by Crippen LogP contribution is 2.41. The molecule has 0 amide bonds. The molecule has 3 atom stereocenters. The normalized spacial score (nSPS) is 27.3. The Morgan fingerprint density at radius 2 is 1.84 bits per heavy atom. The summed E-state index contributed by atoms with van der Waals surface area (Å²) in [6, 6.07) is 6.75. The summed E-state index contributed by atoms with van der Waals surface area (Å²) in [5, 5.41) is 14.6. The van der Waals surface area contributed by atoms with Crippen LogP contribution in [0.25, 0.3) is 0 Å². The fraction of sp³-hybridized carbons (Fsp3) is 0.421. The Kier molecular flexibility index (Phi) is 4.60. The second kappa shape index (κ2) is 6.42. The SMILES string of the molecule is Cc1cncc([C@@H]2CC(O)(c3ccc(C(F)(F)F)cc3)C[C@H](C)N2)c1. The van der Waals surface area contributed by atoms with Gasteiger partial charge in [-0.15, -0.1) is 0 Å². The van der Waals surface area contributed by atoms with Crippen LogP contribution in [0.2, 0.25) is 0 Å². The molecule has 1 aromatic heterocycles. The highest BCUT2D eigenvalue weighted by molar-refractivity contribution is 5.31. The summed E-state index contributed by atoms with van der Waals surface area (Å²) in [5.74, 6) is 0. The molecule has 2 heterocycles. The number of hydrogen-bond acceptors (Lipinski definition) is 3. The number of hydrogen-bond donors (Lipinski definition) is 2. The first-order valence-electron chi connectivity index (χ1n) is 8.25. The van der Waals surface area contributed by atoms with E-state index in [1.54, 1.807) is 12.4 Å². The van der Waals surface area contributed by atoms with Crippen molar-refractivity contribution in [2.24, 2.45) is 0 Å². The van der Waals surface area contributed by atoms with E-state index >= 15 is 0 Å². The summed E-state index contributed by atoms with van der Waals surface area (Å²) in [6.07, 6.45) is -0.0338. The summed E-state index contributed by atoms with van der Waals surface area (Å²) in [4.78, 5) is 4.20. The molecule has 0 bridgehead atoms. The van der Waals surface area contributed by atoms with E-state index in [9.17, 15) is 18.3 Å². The monoisotopic (exact) mass is 350 g/mol. The summed E-state index contributed by atoms with van der Waals surface area (Å²) in [6.45, 7) is 3.91. The van der Waals surface area contributed by atoms with Crippen molar-refractivity contribution in [3.05, 3.63) is 65.0 Å². The van der Waals surface area contributed by atoms with Gasteiger partial charge in [-0.2, -0.15) is 13.2 Å². The molecule has 0 aliphatic carbocycles. The minimum Gasteiger partial charge on any atom is -0.385 e. The first-order valence-corrected chi connectivity index (χ1v) is 8.25. The van der Waals surface area contributed by atoms with Crippen LogP contribution >= 0.6 is 0 Å². The van der Waals surface area contributed by atoms with Crippen LogP contribution in [0, 0.1) is 6.92 Å². The van der Waals surface area contributed by atoms with Crippen molar-refractivity contribution in [1.29, 1.82) is 0 Å². The van der Waals surface area contributed by atoms with Crippen LogP contribution in [-0.4, -0.2) is 16.1 Å². The number of nitrogens with zero attached hydrogens (tertiary/aromatic N) is 1. The molecular weight excluding hydrogens is 329 g/mol. The molecule has 134 valence electrons. The predicted octanol–water partition coefficient (Wildman–Crippen LogP) is 4.11. The van der Waals surface area contributed by atoms with Gasteiger partial charge < -0.3 is 10.4 Å².